The number of rotatable bonds is 15. The number of likely N-dealkylation sites (tertiary alicyclic amines) is 1. The summed E-state index contributed by atoms with van der Waals surface area (Å²) in [7, 11) is 0. The molecular weight excluding hydrogens is 718 g/mol. The molecule has 302 valence electrons. The van der Waals surface area contributed by atoms with Crippen LogP contribution in [0.4, 0.5) is 10.5 Å². The number of Topliss-reactive ketones (excluding diaryl/α,β-unsaturated/α-hetero) is 1. The third-order valence-corrected chi connectivity index (χ3v) is 10.5. The molecule has 0 radical (unpaired) electrons. The Balaban J connectivity index is 1.35. The first-order chi connectivity index (χ1) is 26.7. The van der Waals surface area contributed by atoms with Crippen molar-refractivity contribution in [3.63, 3.8) is 0 Å². The highest BCUT2D eigenvalue weighted by Crippen LogP contribution is 2.28. The molecule has 6 N–H and O–H groups in total. The minimum atomic E-state index is -1.12. The second kappa shape index (κ2) is 19.0. The molecule has 0 bridgehead atoms. The van der Waals surface area contributed by atoms with E-state index >= 15 is 0 Å². The van der Waals surface area contributed by atoms with Gasteiger partial charge in [0.2, 0.25) is 23.5 Å². The molecule has 3 fully saturated rings. The van der Waals surface area contributed by atoms with Gasteiger partial charge in [-0.1, -0.05) is 71.6 Å². The molecule has 5 rings (SSSR count). The zero-order valence-corrected chi connectivity index (χ0v) is 32.6. The Hall–Kier alpha value is -5.41. The number of urea groups is 1. The minimum absolute atomic E-state index is 0.0424. The van der Waals surface area contributed by atoms with Gasteiger partial charge in [-0.3, -0.25) is 33.8 Å². The summed E-state index contributed by atoms with van der Waals surface area (Å²) in [5, 5.41) is 16.9. The van der Waals surface area contributed by atoms with Crippen molar-refractivity contribution in [2.45, 2.75) is 116 Å². The van der Waals surface area contributed by atoms with Crippen molar-refractivity contribution in [2.24, 2.45) is 17.3 Å². The normalized spacial score (nSPS) is 20.1. The van der Waals surface area contributed by atoms with E-state index in [0.717, 1.165) is 32.1 Å². The van der Waals surface area contributed by atoms with Gasteiger partial charge in [0.25, 0.3) is 11.8 Å². The lowest BCUT2D eigenvalue weighted by atomic mass is 9.82. The van der Waals surface area contributed by atoms with E-state index in [2.05, 4.69) is 41.9 Å². The molecule has 1 aliphatic heterocycles. The number of nitrogens with zero attached hydrogens (tertiary/aromatic N) is 3. The van der Waals surface area contributed by atoms with Crippen molar-refractivity contribution in [1.82, 2.24) is 41.5 Å². The fourth-order valence-corrected chi connectivity index (χ4v) is 7.25. The van der Waals surface area contributed by atoms with Gasteiger partial charge in [-0.2, -0.15) is 0 Å². The van der Waals surface area contributed by atoms with Crippen molar-refractivity contribution in [1.29, 1.82) is 0 Å². The third-order valence-electron chi connectivity index (χ3n) is 10.5. The molecule has 16 heteroatoms. The molecule has 2 heterocycles. The first kappa shape index (κ1) is 41.7. The molecule has 7 amide bonds. The number of hydrogen-bond donors (Lipinski definition) is 6. The number of carbonyl (C=O) groups is 7. The van der Waals surface area contributed by atoms with E-state index < -0.39 is 76.9 Å². The highest BCUT2D eigenvalue weighted by molar-refractivity contribution is 6.38. The summed E-state index contributed by atoms with van der Waals surface area (Å²) in [5.74, 6) is -4.95. The largest absolute Gasteiger partial charge is 0.349 e. The number of aromatic nitrogens is 2. The molecule has 0 spiro atoms. The molecule has 56 heavy (non-hydrogen) atoms. The number of benzene rings is 1. The summed E-state index contributed by atoms with van der Waals surface area (Å²) in [6.07, 6.45) is 10.7. The van der Waals surface area contributed by atoms with Crippen molar-refractivity contribution in [3.05, 3.63) is 54.6 Å². The van der Waals surface area contributed by atoms with Crippen LogP contribution in [0.2, 0.25) is 0 Å². The first-order valence-electron chi connectivity index (χ1n) is 19.7. The van der Waals surface area contributed by atoms with Crippen LogP contribution in [-0.2, 0) is 24.0 Å². The lowest BCUT2D eigenvalue weighted by molar-refractivity contribution is -0.140. The Bertz CT molecular complexity index is 1730. The summed E-state index contributed by atoms with van der Waals surface area (Å²) in [5.41, 5.74) is -0.236. The van der Waals surface area contributed by atoms with Gasteiger partial charge in [0.15, 0.2) is 0 Å². The van der Waals surface area contributed by atoms with Gasteiger partial charge in [0.05, 0.1) is 24.2 Å². The lowest BCUT2D eigenvalue weighted by Gasteiger charge is -2.35. The Morgan fingerprint density at radius 3 is 2.18 bits per heavy atom. The van der Waals surface area contributed by atoms with Crippen LogP contribution in [0, 0.1) is 17.3 Å². The standard InChI is InChI=1S/C40H55N9O7/c1-5-12-28(32(50)37(54)43-26-17-18-26)45-34(51)27-22-49(39(56)44-25-15-10-7-11-16-25)23-30(27)46-38(55)33(40(2,3)4)48-36(53)31(24-13-8-6-9-14-24)47-35(52)29-21-41-19-20-42-29/h7,10-11,15-16,19-21,24,26-28,30-31,33H,5-6,8-9,12-14,17-18,22-23H2,1-4H3,(H,43,54)(H,44,56)(H,45,51)(H,46,55)(H,47,52)(H,48,53)/t27-,28?,30+,31+,33?/m1/s1. The van der Waals surface area contributed by atoms with Crippen LogP contribution < -0.4 is 31.9 Å². The maximum atomic E-state index is 14.3. The Labute approximate surface area is 327 Å². The topological polar surface area (TPSA) is 221 Å². The van der Waals surface area contributed by atoms with Crippen LogP contribution in [-0.4, -0.2) is 99.5 Å². The van der Waals surface area contributed by atoms with E-state index in [-0.39, 0.29) is 37.2 Å². The van der Waals surface area contributed by atoms with E-state index in [9.17, 15) is 33.6 Å². The fraction of sp³-hybridized carbons (Fsp3) is 0.575. The number of carbonyl (C=O) groups excluding carboxylic acids is 7. The van der Waals surface area contributed by atoms with Crippen molar-refractivity contribution < 1.29 is 33.6 Å². The molecule has 1 aromatic heterocycles. The van der Waals surface area contributed by atoms with E-state index in [1.54, 1.807) is 45.0 Å². The smallest absolute Gasteiger partial charge is 0.321 e. The number of ketones is 1. The van der Waals surface area contributed by atoms with Crippen LogP contribution in [0.15, 0.2) is 48.9 Å². The van der Waals surface area contributed by atoms with E-state index in [1.807, 2.05) is 13.0 Å². The van der Waals surface area contributed by atoms with Crippen molar-refractivity contribution >= 4 is 47.0 Å². The van der Waals surface area contributed by atoms with Crippen LogP contribution in [0.3, 0.4) is 0 Å². The molecule has 16 nitrogen and oxygen atoms in total. The van der Waals surface area contributed by atoms with Crippen molar-refractivity contribution in [2.75, 3.05) is 18.4 Å². The highest BCUT2D eigenvalue weighted by Gasteiger charge is 2.45. The van der Waals surface area contributed by atoms with Crippen molar-refractivity contribution in [3.8, 4) is 0 Å². The van der Waals surface area contributed by atoms with Crippen LogP contribution >= 0.6 is 0 Å². The lowest BCUT2D eigenvalue weighted by Crippen LogP contribution is -2.61. The summed E-state index contributed by atoms with van der Waals surface area (Å²) in [4.78, 5) is 104. The van der Waals surface area contributed by atoms with Gasteiger partial charge in [0, 0.05) is 37.2 Å². The fourth-order valence-electron chi connectivity index (χ4n) is 7.25. The SMILES string of the molecule is CCCC(NC(=O)[C@@H]1CN(C(=O)Nc2ccccc2)C[C@@H]1NC(=O)C(NC(=O)[C@@H](NC(=O)c1cnccn1)C1CCCCC1)C(C)(C)C)C(=O)C(=O)NC1CC1. The monoisotopic (exact) mass is 773 g/mol. The predicted molar refractivity (Wildman–Crippen MR) is 207 cm³/mol. The number of para-hydroxylation sites is 1. The number of hydrogen-bond acceptors (Lipinski definition) is 9. The van der Waals surface area contributed by atoms with Gasteiger partial charge in [-0.25, -0.2) is 9.78 Å². The first-order valence-corrected chi connectivity index (χ1v) is 19.7. The molecule has 3 aliphatic rings. The van der Waals surface area contributed by atoms with Crippen LogP contribution in [0.1, 0.15) is 96.0 Å². The number of nitrogens with one attached hydrogen (secondary N) is 6. The summed E-state index contributed by atoms with van der Waals surface area (Å²) < 4.78 is 0. The quantitative estimate of drug-likeness (QED) is 0.146. The second-order valence-corrected chi connectivity index (χ2v) is 16.1. The Kier molecular flexibility index (Phi) is 14.1. The number of amides is 7. The summed E-state index contributed by atoms with van der Waals surface area (Å²) in [6, 6.07) is 4.17. The predicted octanol–water partition coefficient (Wildman–Crippen LogP) is 2.47. The molecule has 1 saturated heterocycles. The van der Waals surface area contributed by atoms with Gasteiger partial charge < -0.3 is 36.8 Å². The van der Waals surface area contributed by atoms with E-state index in [4.69, 9.17) is 0 Å². The zero-order chi connectivity index (χ0) is 40.4. The molecule has 1 aromatic carbocycles. The third kappa shape index (κ3) is 11.3. The van der Waals surface area contributed by atoms with E-state index in [1.165, 1.54) is 23.5 Å². The van der Waals surface area contributed by atoms with E-state index in [0.29, 0.717) is 24.9 Å². The van der Waals surface area contributed by atoms with Gasteiger partial charge in [-0.15, -0.1) is 0 Å². The zero-order valence-electron chi connectivity index (χ0n) is 32.6. The average Bonchev–Trinajstić information content (AvgIpc) is 3.90. The summed E-state index contributed by atoms with van der Waals surface area (Å²) >= 11 is 0. The van der Waals surface area contributed by atoms with Gasteiger partial charge in [0.1, 0.15) is 17.8 Å². The molecule has 2 aliphatic carbocycles. The second-order valence-electron chi connectivity index (χ2n) is 16.1. The molecular formula is C40H55N9O7. The average molecular weight is 774 g/mol. The summed E-state index contributed by atoms with van der Waals surface area (Å²) in [6.45, 7) is 7.05. The minimum Gasteiger partial charge on any atom is -0.349 e. The Morgan fingerprint density at radius 1 is 0.839 bits per heavy atom. The van der Waals surface area contributed by atoms with Gasteiger partial charge in [-0.05, 0) is 55.6 Å². The molecule has 2 saturated carbocycles. The molecule has 2 aromatic rings. The van der Waals surface area contributed by atoms with Crippen LogP contribution in [0.25, 0.3) is 0 Å². The Morgan fingerprint density at radius 2 is 1.55 bits per heavy atom. The van der Waals surface area contributed by atoms with Crippen LogP contribution in [0.5, 0.6) is 0 Å². The highest BCUT2D eigenvalue weighted by atomic mass is 16.2. The molecule has 5 atom stereocenters. The number of anilines is 1. The maximum Gasteiger partial charge on any atom is 0.321 e. The molecule has 2 unspecified atom stereocenters. The maximum absolute atomic E-state index is 14.3. The van der Waals surface area contributed by atoms with Gasteiger partial charge >= 0.3 is 6.03 Å².